The zero-order chi connectivity index (χ0) is 8.81. The molecule has 1 radical (unpaired) electrons. The summed E-state index contributed by atoms with van der Waals surface area (Å²) in [4.78, 5) is 10.1. The van der Waals surface area contributed by atoms with Crippen LogP contribution < -0.4 is 4.74 Å². The van der Waals surface area contributed by atoms with Gasteiger partial charge in [0.25, 0.3) is 0 Å². The Labute approximate surface area is 70.6 Å². The van der Waals surface area contributed by atoms with Crippen LogP contribution in [0.4, 0.5) is 0 Å². The van der Waals surface area contributed by atoms with Gasteiger partial charge >= 0.3 is 5.97 Å². The van der Waals surface area contributed by atoms with E-state index in [0.29, 0.717) is 5.75 Å². The minimum Gasteiger partial charge on any atom is -0.493 e. The predicted octanol–water partition coefficient (Wildman–Crippen LogP) is 1.34. The Morgan fingerprint density at radius 1 is 1.50 bits per heavy atom. The zero-order valence-corrected chi connectivity index (χ0v) is 6.49. The number of hydrogen-bond donors (Lipinski definition) is 1. The molecule has 0 spiro atoms. The number of hydrogen-bond acceptors (Lipinski definition) is 2. The molecule has 0 aliphatic carbocycles. The molecule has 0 unspecified atom stereocenters. The maximum Gasteiger partial charge on any atom is 0.306 e. The molecule has 3 heteroatoms. The lowest BCUT2D eigenvalue weighted by Gasteiger charge is -2.02. The Hall–Kier alpha value is -1.51. The van der Waals surface area contributed by atoms with Crippen molar-refractivity contribution in [2.75, 3.05) is 6.61 Å². The number of benzene rings is 1. The van der Waals surface area contributed by atoms with Crippen molar-refractivity contribution in [1.82, 2.24) is 0 Å². The highest BCUT2D eigenvalue weighted by atomic mass is 16.5. The molecule has 0 fully saturated rings. The van der Waals surface area contributed by atoms with Crippen LogP contribution in [-0.4, -0.2) is 17.7 Å². The second kappa shape index (κ2) is 4.38. The summed E-state index contributed by atoms with van der Waals surface area (Å²) >= 11 is 0. The Morgan fingerprint density at radius 3 is 2.75 bits per heavy atom. The van der Waals surface area contributed by atoms with Crippen molar-refractivity contribution in [3.8, 4) is 5.75 Å². The van der Waals surface area contributed by atoms with Crippen LogP contribution in [0.25, 0.3) is 0 Å². The number of carboxylic acids is 1. The second-order valence-electron chi connectivity index (χ2n) is 2.23. The monoisotopic (exact) mass is 165 g/mol. The third-order valence-electron chi connectivity index (χ3n) is 1.27. The zero-order valence-electron chi connectivity index (χ0n) is 6.49. The first-order valence-corrected chi connectivity index (χ1v) is 3.60. The molecule has 0 aromatic heterocycles. The molecule has 1 aromatic carbocycles. The van der Waals surface area contributed by atoms with E-state index >= 15 is 0 Å². The summed E-state index contributed by atoms with van der Waals surface area (Å²) in [7, 11) is 0. The van der Waals surface area contributed by atoms with Crippen LogP contribution in [0.1, 0.15) is 6.42 Å². The third-order valence-corrected chi connectivity index (χ3v) is 1.27. The van der Waals surface area contributed by atoms with Gasteiger partial charge in [0.15, 0.2) is 0 Å². The molecular weight excluding hydrogens is 156 g/mol. The van der Waals surface area contributed by atoms with Crippen molar-refractivity contribution in [3.05, 3.63) is 30.3 Å². The van der Waals surface area contributed by atoms with Crippen molar-refractivity contribution in [2.45, 2.75) is 6.42 Å². The lowest BCUT2D eigenvalue weighted by atomic mass is 10.3. The van der Waals surface area contributed by atoms with Crippen molar-refractivity contribution >= 4 is 5.97 Å². The molecule has 1 N–H and O–H groups in total. The molecule has 63 valence electrons. The Kier molecular flexibility index (Phi) is 3.14. The summed E-state index contributed by atoms with van der Waals surface area (Å²) in [5.74, 6) is -0.174. The maximum atomic E-state index is 10.1. The van der Waals surface area contributed by atoms with E-state index in [1.165, 1.54) is 0 Å². The molecule has 0 saturated heterocycles. The van der Waals surface area contributed by atoms with E-state index in [2.05, 4.69) is 6.07 Å². The minimum absolute atomic E-state index is 0.0264. The van der Waals surface area contributed by atoms with Crippen LogP contribution in [-0.2, 0) is 4.79 Å². The van der Waals surface area contributed by atoms with E-state index in [0.717, 1.165) is 0 Å². The number of ether oxygens (including phenoxy) is 1. The fraction of sp³-hybridized carbons (Fsp3) is 0.222. The molecule has 3 nitrogen and oxygen atoms in total. The molecule has 0 heterocycles. The Morgan fingerprint density at radius 2 is 2.17 bits per heavy atom. The van der Waals surface area contributed by atoms with Crippen LogP contribution >= 0.6 is 0 Å². The van der Waals surface area contributed by atoms with Gasteiger partial charge in [-0.25, -0.2) is 0 Å². The standard InChI is InChI=1S/C9H9O3/c10-9(11)6-7-12-8-4-2-1-3-5-8/h2-5H,6-7H2,(H,10,11). The van der Waals surface area contributed by atoms with Gasteiger partial charge in [-0.2, -0.15) is 0 Å². The van der Waals surface area contributed by atoms with Gasteiger partial charge in [-0.1, -0.05) is 12.1 Å². The van der Waals surface area contributed by atoms with Crippen molar-refractivity contribution in [1.29, 1.82) is 0 Å². The molecule has 0 aliphatic heterocycles. The summed E-state index contributed by atoms with van der Waals surface area (Å²) in [6.07, 6.45) is 0.0264. The lowest BCUT2D eigenvalue weighted by Crippen LogP contribution is -2.04. The van der Waals surface area contributed by atoms with E-state index in [1.807, 2.05) is 0 Å². The van der Waals surface area contributed by atoms with Gasteiger partial charge in [0, 0.05) is 0 Å². The van der Waals surface area contributed by atoms with Crippen LogP contribution in [0.15, 0.2) is 24.3 Å². The largest absolute Gasteiger partial charge is 0.493 e. The van der Waals surface area contributed by atoms with Crippen LogP contribution in [0, 0.1) is 6.07 Å². The number of rotatable bonds is 4. The fourth-order valence-corrected chi connectivity index (χ4v) is 0.724. The van der Waals surface area contributed by atoms with Gasteiger partial charge in [0.1, 0.15) is 5.75 Å². The normalized spacial score (nSPS) is 9.33. The first-order chi connectivity index (χ1) is 5.79. The maximum absolute atomic E-state index is 10.1. The quantitative estimate of drug-likeness (QED) is 0.732. The number of carboxylic acid groups (broad SMARTS) is 1. The lowest BCUT2D eigenvalue weighted by molar-refractivity contribution is -0.137. The van der Waals surface area contributed by atoms with Gasteiger partial charge < -0.3 is 9.84 Å². The van der Waals surface area contributed by atoms with Crippen LogP contribution in [0.2, 0.25) is 0 Å². The molecule has 1 aromatic rings. The van der Waals surface area contributed by atoms with Crippen molar-refractivity contribution in [3.63, 3.8) is 0 Å². The summed E-state index contributed by atoms with van der Waals surface area (Å²) < 4.78 is 5.12. The van der Waals surface area contributed by atoms with Gasteiger partial charge in [-0.05, 0) is 18.2 Å². The van der Waals surface area contributed by atoms with Crippen LogP contribution in [0.5, 0.6) is 5.75 Å². The second-order valence-corrected chi connectivity index (χ2v) is 2.23. The van der Waals surface area contributed by atoms with Gasteiger partial charge in [-0.3, -0.25) is 4.79 Å². The average molecular weight is 165 g/mol. The molecular formula is C9H9O3. The highest BCUT2D eigenvalue weighted by molar-refractivity contribution is 5.66. The number of carbonyl (C=O) groups is 1. The van der Waals surface area contributed by atoms with E-state index in [9.17, 15) is 4.79 Å². The van der Waals surface area contributed by atoms with Crippen molar-refractivity contribution < 1.29 is 14.6 Å². The predicted molar refractivity (Wildman–Crippen MR) is 43.0 cm³/mol. The SMILES string of the molecule is O=C(O)CCOc1cc[c]cc1. The van der Waals surface area contributed by atoms with E-state index in [-0.39, 0.29) is 13.0 Å². The highest BCUT2D eigenvalue weighted by Crippen LogP contribution is 2.07. The van der Waals surface area contributed by atoms with Gasteiger partial charge in [0.05, 0.1) is 13.0 Å². The van der Waals surface area contributed by atoms with Crippen LogP contribution in [0.3, 0.4) is 0 Å². The first-order valence-electron chi connectivity index (χ1n) is 3.60. The molecule has 0 amide bonds. The molecule has 0 bridgehead atoms. The number of aliphatic carboxylic acids is 1. The smallest absolute Gasteiger partial charge is 0.306 e. The van der Waals surface area contributed by atoms with Gasteiger partial charge in [0.2, 0.25) is 0 Å². The van der Waals surface area contributed by atoms with E-state index < -0.39 is 5.97 Å². The Bertz CT molecular complexity index is 243. The summed E-state index contributed by atoms with van der Waals surface area (Å²) in [5, 5.41) is 8.31. The third kappa shape index (κ3) is 3.05. The molecule has 1 rings (SSSR count). The van der Waals surface area contributed by atoms with E-state index in [1.54, 1.807) is 24.3 Å². The van der Waals surface area contributed by atoms with Gasteiger partial charge in [-0.15, -0.1) is 0 Å². The van der Waals surface area contributed by atoms with E-state index in [4.69, 9.17) is 9.84 Å². The summed E-state index contributed by atoms with van der Waals surface area (Å²) in [5.41, 5.74) is 0. The Balaban J connectivity index is 2.29. The highest BCUT2D eigenvalue weighted by Gasteiger charge is 1.96. The molecule has 0 atom stereocenters. The summed E-state index contributed by atoms with van der Waals surface area (Å²) in [6.45, 7) is 0.208. The summed E-state index contributed by atoms with van der Waals surface area (Å²) in [6, 6.07) is 9.75. The average Bonchev–Trinajstić information content (AvgIpc) is 2.05. The fourth-order valence-electron chi connectivity index (χ4n) is 0.724. The topological polar surface area (TPSA) is 46.5 Å². The minimum atomic E-state index is -0.850. The first kappa shape index (κ1) is 8.59. The van der Waals surface area contributed by atoms with Crippen molar-refractivity contribution in [2.24, 2.45) is 0 Å². The molecule has 0 saturated carbocycles. The molecule has 12 heavy (non-hydrogen) atoms. The molecule has 0 aliphatic rings.